The minimum absolute atomic E-state index is 0. The van der Waals surface area contributed by atoms with Crippen LogP contribution in [-0.4, -0.2) is 59.7 Å². The molecule has 7 N–H and O–H groups in total. The van der Waals surface area contributed by atoms with Gasteiger partial charge in [0.2, 0.25) is 0 Å². The van der Waals surface area contributed by atoms with Crippen LogP contribution in [0.15, 0.2) is 0 Å². The summed E-state index contributed by atoms with van der Waals surface area (Å²) in [6.45, 7) is 1.75. The first-order chi connectivity index (χ1) is 4.85. The van der Waals surface area contributed by atoms with E-state index in [2.05, 4.69) is 0 Å². The summed E-state index contributed by atoms with van der Waals surface area (Å²) in [7, 11) is 0. The highest BCUT2D eigenvalue weighted by Gasteiger charge is 2.00. The highest BCUT2D eigenvalue weighted by Crippen LogP contribution is 1.84. The second-order valence-corrected chi connectivity index (χ2v) is 2.01. The lowest BCUT2D eigenvalue weighted by Gasteiger charge is -2.17. The summed E-state index contributed by atoms with van der Waals surface area (Å²) in [5, 5.41) is 25.5. The molecular weight excluding hydrogens is 148 g/mol. The summed E-state index contributed by atoms with van der Waals surface area (Å²) in [5.41, 5.74) is 0. The average Bonchev–Trinajstić information content (AvgIpc) is 1.90. The topological polar surface area (TPSA) is 100 Å². The standard InChI is InChI=1S/C6H15NO3.H3N/c8-4-1-7(2-5-9)3-6-10;/h8-10H,1-6H2;1H3/p+1. The summed E-state index contributed by atoms with van der Waals surface area (Å²) >= 11 is 0. The number of aliphatic hydroxyl groups is 3. The first kappa shape index (κ1) is 13.4. The number of rotatable bonds is 6. The first-order valence-corrected chi connectivity index (χ1v) is 3.40. The van der Waals surface area contributed by atoms with Crippen molar-refractivity contribution in [2.24, 2.45) is 0 Å². The number of hydrogen-bond acceptors (Lipinski definition) is 4. The Morgan fingerprint density at radius 1 is 0.727 bits per heavy atom. The molecule has 0 fully saturated rings. The normalized spacial score (nSPS) is 9.82. The van der Waals surface area contributed by atoms with Gasteiger partial charge in [0.1, 0.15) is 0 Å². The van der Waals surface area contributed by atoms with Gasteiger partial charge in [-0.15, -0.1) is 0 Å². The lowest BCUT2D eigenvalue weighted by atomic mass is 10.4. The second kappa shape index (κ2) is 9.80. The van der Waals surface area contributed by atoms with E-state index in [9.17, 15) is 0 Å². The molecule has 0 unspecified atom stereocenters. The molecule has 0 amide bonds. The second-order valence-electron chi connectivity index (χ2n) is 2.01. The fourth-order valence-corrected chi connectivity index (χ4v) is 0.760. The molecule has 0 heterocycles. The van der Waals surface area contributed by atoms with Crippen LogP contribution in [-0.2, 0) is 0 Å². The van der Waals surface area contributed by atoms with E-state index in [1.165, 1.54) is 0 Å². The highest BCUT2D eigenvalue weighted by molar-refractivity contribution is 4.54. The maximum atomic E-state index is 8.48. The van der Waals surface area contributed by atoms with Crippen molar-refractivity contribution in [1.29, 1.82) is 0 Å². The molecule has 0 saturated heterocycles. The predicted octanol–water partition coefficient (Wildman–Crippen LogP) is -1.36. The van der Waals surface area contributed by atoms with Crippen molar-refractivity contribution >= 4 is 0 Å². The van der Waals surface area contributed by atoms with Crippen LogP contribution in [0.1, 0.15) is 0 Å². The van der Waals surface area contributed by atoms with Crippen molar-refractivity contribution in [3.05, 3.63) is 0 Å². The van der Waals surface area contributed by atoms with Crippen molar-refractivity contribution in [2.75, 3.05) is 39.5 Å². The van der Waals surface area contributed by atoms with Crippen LogP contribution in [0.25, 0.3) is 0 Å². The molecule has 5 nitrogen and oxygen atoms in total. The van der Waals surface area contributed by atoms with Gasteiger partial charge in [0.15, 0.2) is 0 Å². The Morgan fingerprint density at radius 2 is 1.00 bits per heavy atom. The number of hydrogen-bond donors (Lipinski definition) is 4. The van der Waals surface area contributed by atoms with Gasteiger partial charge in [-0.3, -0.25) is 4.90 Å². The van der Waals surface area contributed by atoms with Crippen LogP contribution < -0.4 is 6.15 Å². The van der Waals surface area contributed by atoms with Gasteiger partial charge in [0, 0.05) is 19.6 Å². The third kappa shape index (κ3) is 7.70. The molecule has 0 saturated carbocycles. The summed E-state index contributed by atoms with van der Waals surface area (Å²) in [6.07, 6.45) is 0. The van der Waals surface area contributed by atoms with Gasteiger partial charge >= 0.3 is 0 Å². The van der Waals surface area contributed by atoms with Gasteiger partial charge in [0.05, 0.1) is 19.8 Å². The molecule has 0 atom stereocenters. The van der Waals surface area contributed by atoms with E-state index < -0.39 is 0 Å². The number of quaternary nitrogens is 1. The zero-order valence-electron chi connectivity index (χ0n) is 7.03. The van der Waals surface area contributed by atoms with Gasteiger partial charge < -0.3 is 21.5 Å². The Kier molecular flexibility index (Phi) is 11.9. The molecule has 11 heavy (non-hydrogen) atoms. The quantitative estimate of drug-likeness (QED) is 0.392. The third-order valence-corrected chi connectivity index (χ3v) is 1.25. The zero-order valence-corrected chi connectivity index (χ0v) is 7.03. The molecule has 0 aromatic rings. The SMILES string of the molecule is OCCN(CCO)CCO.[NH4+]. The van der Waals surface area contributed by atoms with Crippen LogP contribution in [0, 0.1) is 0 Å². The van der Waals surface area contributed by atoms with E-state index >= 15 is 0 Å². The lowest BCUT2D eigenvalue weighted by molar-refractivity contribution is 0.136. The molecule has 0 bridgehead atoms. The third-order valence-electron chi connectivity index (χ3n) is 1.25. The number of aliphatic hydroxyl groups excluding tert-OH is 3. The molecular formula is C6H19N2O3+. The maximum absolute atomic E-state index is 8.48. The Labute approximate surface area is 66.8 Å². The molecule has 0 aromatic carbocycles. The van der Waals surface area contributed by atoms with Crippen LogP contribution in [0.2, 0.25) is 0 Å². The molecule has 0 rings (SSSR count). The van der Waals surface area contributed by atoms with Gasteiger partial charge in [0.25, 0.3) is 0 Å². The Morgan fingerprint density at radius 3 is 1.18 bits per heavy atom. The van der Waals surface area contributed by atoms with Crippen LogP contribution in [0.3, 0.4) is 0 Å². The van der Waals surface area contributed by atoms with Crippen LogP contribution in [0.4, 0.5) is 0 Å². The summed E-state index contributed by atoms with van der Waals surface area (Å²) < 4.78 is 0. The van der Waals surface area contributed by atoms with E-state index in [1.54, 1.807) is 4.90 Å². The Balaban J connectivity index is 0. The molecule has 0 aromatic heterocycles. The Bertz CT molecular complexity index is 58.6. The summed E-state index contributed by atoms with van der Waals surface area (Å²) in [5.74, 6) is 0. The minimum atomic E-state index is 0. The van der Waals surface area contributed by atoms with Crippen molar-refractivity contribution in [3.8, 4) is 0 Å². The van der Waals surface area contributed by atoms with E-state index in [4.69, 9.17) is 15.3 Å². The fourth-order valence-electron chi connectivity index (χ4n) is 0.760. The van der Waals surface area contributed by atoms with E-state index in [1.807, 2.05) is 0 Å². The molecule has 70 valence electrons. The van der Waals surface area contributed by atoms with Crippen LogP contribution in [0.5, 0.6) is 0 Å². The van der Waals surface area contributed by atoms with Crippen molar-refractivity contribution in [1.82, 2.24) is 11.1 Å². The van der Waals surface area contributed by atoms with Crippen LogP contribution >= 0.6 is 0 Å². The molecule has 0 radical (unpaired) electrons. The Hall–Kier alpha value is -0.200. The van der Waals surface area contributed by atoms with Crippen molar-refractivity contribution < 1.29 is 15.3 Å². The zero-order chi connectivity index (χ0) is 7.82. The lowest BCUT2D eigenvalue weighted by Crippen LogP contribution is -2.32. The molecule has 5 heteroatoms. The predicted molar refractivity (Wildman–Crippen MR) is 43.7 cm³/mol. The molecule has 0 aliphatic carbocycles. The molecule has 0 spiro atoms. The van der Waals surface area contributed by atoms with Crippen molar-refractivity contribution in [3.63, 3.8) is 0 Å². The minimum Gasteiger partial charge on any atom is -0.395 e. The van der Waals surface area contributed by atoms with E-state index in [0.717, 1.165) is 0 Å². The summed E-state index contributed by atoms with van der Waals surface area (Å²) in [4.78, 5) is 1.79. The van der Waals surface area contributed by atoms with Gasteiger partial charge in [-0.25, -0.2) is 0 Å². The monoisotopic (exact) mass is 167 g/mol. The first-order valence-electron chi connectivity index (χ1n) is 3.40. The van der Waals surface area contributed by atoms with Gasteiger partial charge in [-0.05, 0) is 0 Å². The average molecular weight is 167 g/mol. The summed E-state index contributed by atoms with van der Waals surface area (Å²) in [6, 6.07) is 0. The fraction of sp³-hybridized carbons (Fsp3) is 1.00. The van der Waals surface area contributed by atoms with Gasteiger partial charge in [-0.1, -0.05) is 0 Å². The number of nitrogens with zero attached hydrogens (tertiary/aromatic N) is 1. The largest absolute Gasteiger partial charge is 0.395 e. The smallest absolute Gasteiger partial charge is 0.0558 e. The maximum Gasteiger partial charge on any atom is 0.0558 e. The van der Waals surface area contributed by atoms with E-state index in [-0.39, 0.29) is 26.0 Å². The van der Waals surface area contributed by atoms with E-state index in [0.29, 0.717) is 19.6 Å². The van der Waals surface area contributed by atoms with Crippen molar-refractivity contribution in [2.45, 2.75) is 0 Å². The highest BCUT2D eigenvalue weighted by atomic mass is 16.3. The molecule has 0 aliphatic heterocycles. The van der Waals surface area contributed by atoms with Gasteiger partial charge in [-0.2, -0.15) is 0 Å². The molecule has 0 aliphatic rings.